The van der Waals surface area contributed by atoms with Crippen molar-refractivity contribution in [1.29, 1.82) is 0 Å². The van der Waals surface area contributed by atoms with Gasteiger partial charge in [0.05, 0.1) is 9.35 Å². The fraction of sp³-hybridized carbons (Fsp3) is 0.583. The second-order valence-electron chi connectivity index (χ2n) is 4.81. The standard InChI is InChI=1S/C12H13Br2NOS/c13-8-4-9-1-2-10(5-8)15(9)12(16)7-3-11(14)17-6-7/h3,6,8-10H,1-2,4-5H2. The van der Waals surface area contributed by atoms with Gasteiger partial charge in [-0.3, -0.25) is 4.79 Å². The van der Waals surface area contributed by atoms with Crippen LogP contribution < -0.4 is 0 Å². The zero-order valence-electron chi connectivity index (χ0n) is 9.23. The van der Waals surface area contributed by atoms with Gasteiger partial charge in [0, 0.05) is 22.3 Å². The Balaban J connectivity index is 1.83. The highest BCUT2D eigenvalue weighted by atomic mass is 79.9. The number of alkyl halides is 1. The van der Waals surface area contributed by atoms with Gasteiger partial charge >= 0.3 is 0 Å². The average Bonchev–Trinajstić information content (AvgIpc) is 2.81. The first-order chi connectivity index (χ1) is 8.15. The molecule has 92 valence electrons. The highest BCUT2D eigenvalue weighted by Crippen LogP contribution is 2.39. The second kappa shape index (κ2) is 4.67. The summed E-state index contributed by atoms with van der Waals surface area (Å²) in [4.78, 5) is 15.2. The third-order valence-electron chi connectivity index (χ3n) is 3.72. The predicted octanol–water partition coefficient (Wildman–Crippen LogP) is 4.04. The molecule has 2 bridgehead atoms. The Morgan fingerprint density at radius 2 is 2.00 bits per heavy atom. The van der Waals surface area contributed by atoms with Crippen molar-refractivity contribution in [3.8, 4) is 0 Å². The van der Waals surface area contributed by atoms with E-state index >= 15 is 0 Å². The first-order valence-corrected chi connectivity index (χ1v) is 8.44. The maximum atomic E-state index is 12.5. The van der Waals surface area contributed by atoms with Gasteiger partial charge in [-0.05, 0) is 47.7 Å². The molecule has 2 atom stereocenters. The van der Waals surface area contributed by atoms with E-state index in [1.54, 1.807) is 11.3 Å². The van der Waals surface area contributed by atoms with E-state index in [1.807, 2.05) is 11.4 Å². The summed E-state index contributed by atoms with van der Waals surface area (Å²) in [6, 6.07) is 2.83. The summed E-state index contributed by atoms with van der Waals surface area (Å²) in [6.45, 7) is 0. The number of piperidine rings is 1. The van der Waals surface area contributed by atoms with Crippen LogP contribution in [0.5, 0.6) is 0 Å². The van der Waals surface area contributed by atoms with Gasteiger partial charge in [0.25, 0.3) is 5.91 Å². The van der Waals surface area contributed by atoms with Gasteiger partial charge in [0.1, 0.15) is 0 Å². The molecule has 3 heterocycles. The number of halogens is 2. The lowest BCUT2D eigenvalue weighted by Crippen LogP contribution is -2.46. The lowest BCUT2D eigenvalue weighted by Gasteiger charge is -2.37. The molecule has 2 nitrogen and oxygen atoms in total. The number of thiophene rings is 1. The number of carbonyl (C=O) groups is 1. The maximum Gasteiger partial charge on any atom is 0.255 e. The lowest BCUT2D eigenvalue weighted by molar-refractivity contribution is 0.0604. The second-order valence-corrected chi connectivity index (χ2v) is 8.39. The number of fused-ring (bicyclic) bond motifs is 2. The van der Waals surface area contributed by atoms with Gasteiger partial charge in [-0.1, -0.05) is 15.9 Å². The van der Waals surface area contributed by atoms with Crippen molar-refractivity contribution in [2.75, 3.05) is 0 Å². The van der Waals surface area contributed by atoms with Gasteiger partial charge in [-0.15, -0.1) is 11.3 Å². The fourth-order valence-electron chi connectivity index (χ4n) is 3.01. The Hall–Kier alpha value is 0.130. The predicted molar refractivity (Wildman–Crippen MR) is 76.9 cm³/mol. The largest absolute Gasteiger partial charge is 0.333 e. The first kappa shape index (κ1) is 12.2. The molecule has 0 saturated carbocycles. The van der Waals surface area contributed by atoms with E-state index in [2.05, 4.69) is 36.8 Å². The Morgan fingerprint density at radius 3 is 2.53 bits per heavy atom. The molecule has 3 rings (SSSR count). The molecule has 17 heavy (non-hydrogen) atoms. The Labute approximate surface area is 122 Å². The van der Waals surface area contributed by atoms with Crippen LogP contribution in [-0.4, -0.2) is 27.7 Å². The zero-order chi connectivity index (χ0) is 12.0. The number of hydrogen-bond donors (Lipinski definition) is 0. The molecular formula is C12H13Br2NOS. The van der Waals surface area contributed by atoms with Gasteiger partial charge in [-0.25, -0.2) is 0 Å². The highest BCUT2D eigenvalue weighted by Gasteiger charge is 2.42. The molecule has 0 N–H and O–H groups in total. The topological polar surface area (TPSA) is 20.3 Å². The van der Waals surface area contributed by atoms with Crippen molar-refractivity contribution in [2.45, 2.75) is 42.6 Å². The quantitative estimate of drug-likeness (QED) is 0.675. The summed E-state index contributed by atoms with van der Waals surface area (Å²) < 4.78 is 1.03. The Kier molecular flexibility index (Phi) is 3.34. The number of rotatable bonds is 1. The van der Waals surface area contributed by atoms with E-state index in [1.165, 1.54) is 12.8 Å². The third kappa shape index (κ3) is 2.22. The van der Waals surface area contributed by atoms with Crippen LogP contribution in [0.4, 0.5) is 0 Å². The van der Waals surface area contributed by atoms with Crippen molar-refractivity contribution in [1.82, 2.24) is 4.90 Å². The van der Waals surface area contributed by atoms with Gasteiger partial charge in [-0.2, -0.15) is 0 Å². The number of carbonyl (C=O) groups excluding carboxylic acids is 1. The highest BCUT2D eigenvalue weighted by molar-refractivity contribution is 9.11. The molecule has 2 aliphatic heterocycles. The summed E-state index contributed by atoms with van der Waals surface area (Å²) >= 11 is 8.70. The van der Waals surface area contributed by atoms with E-state index in [4.69, 9.17) is 0 Å². The molecule has 2 saturated heterocycles. The van der Waals surface area contributed by atoms with Gasteiger partial charge in [0.2, 0.25) is 0 Å². The molecule has 1 aromatic rings. The van der Waals surface area contributed by atoms with E-state index in [-0.39, 0.29) is 5.91 Å². The molecule has 0 radical (unpaired) electrons. The van der Waals surface area contributed by atoms with Crippen LogP contribution in [0.2, 0.25) is 0 Å². The fourth-order valence-corrected chi connectivity index (χ4v) is 5.01. The summed E-state index contributed by atoms with van der Waals surface area (Å²) in [5, 5.41) is 1.95. The van der Waals surface area contributed by atoms with Crippen LogP contribution in [0.25, 0.3) is 0 Å². The van der Waals surface area contributed by atoms with Crippen molar-refractivity contribution < 1.29 is 4.79 Å². The van der Waals surface area contributed by atoms with E-state index in [0.29, 0.717) is 16.9 Å². The third-order valence-corrected chi connectivity index (χ3v) is 5.98. The Bertz CT molecular complexity index is 433. The van der Waals surface area contributed by atoms with Crippen molar-refractivity contribution in [3.05, 3.63) is 20.8 Å². The SMILES string of the molecule is O=C(c1csc(Br)c1)N1C2CCC1CC(Br)C2. The van der Waals surface area contributed by atoms with Gasteiger partial charge < -0.3 is 4.90 Å². The molecular weight excluding hydrogens is 366 g/mol. The number of nitrogens with zero attached hydrogens (tertiary/aromatic N) is 1. The van der Waals surface area contributed by atoms with Crippen LogP contribution in [0.15, 0.2) is 15.2 Å². The zero-order valence-corrected chi connectivity index (χ0v) is 13.2. The molecule has 1 amide bonds. The monoisotopic (exact) mass is 377 g/mol. The van der Waals surface area contributed by atoms with Crippen LogP contribution in [0, 0.1) is 0 Å². The lowest BCUT2D eigenvalue weighted by atomic mass is 10.0. The van der Waals surface area contributed by atoms with Crippen LogP contribution in [0.1, 0.15) is 36.0 Å². The minimum absolute atomic E-state index is 0.221. The van der Waals surface area contributed by atoms with Crippen LogP contribution in [-0.2, 0) is 0 Å². The molecule has 0 aliphatic carbocycles. The minimum atomic E-state index is 0.221. The minimum Gasteiger partial charge on any atom is -0.333 e. The number of amides is 1. The van der Waals surface area contributed by atoms with Crippen molar-refractivity contribution in [2.24, 2.45) is 0 Å². The molecule has 0 spiro atoms. The van der Waals surface area contributed by atoms with E-state index < -0.39 is 0 Å². The molecule has 2 unspecified atom stereocenters. The normalized spacial score (nSPS) is 31.9. The van der Waals surface area contributed by atoms with Crippen LogP contribution >= 0.6 is 43.2 Å². The summed E-state index contributed by atoms with van der Waals surface area (Å²) in [6.07, 6.45) is 4.55. The molecule has 5 heteroatoms. The summed E-state index contributed by atoms with van der Waals surface area (Å²) in [5.41, 5.74) is 0.840. The summed E-state index contributed by atoms with van der Waals surface area (Å²) in [7, 11) is 0. The van der Waals surface area contributed by atoms with Crippen molar-refractivity contribution in [3.63, 3.8) is 0 Å². The Morgan fingerprint density at radius 1 is 1.35 bits per heavy atom. The first-order valence-electron chi connectivity index (χ1n) is 5.86. The van der Waals surface area contributed by atoms with E-state index in [0.717, 1.165) is 22.2 Å². The molecule has 0 aromatic carbocycles. The smallest absolute Gasteiger partial charge is 0.255 e. The average molecular weight is 379 g/mol. The maximum absolute atomic E-state index is 12.5. The number of hydrogen-bond acceptors (Lipinski definition) is 2. The van der Waals surface area contributed by atoms with Crippen molar-refractivity contribution >= 4 is 49.1 Å². The van der Waals surface area contributed by atoms with E-state index in [9.17, 15) is 4.79 Å². The van der Waals surface area contributed by atoms with Gasteiger partial charge in [0.15, 0.2) is 0 Å². The molecule has 2 aliphatic rings. The molecule has 2 fully saturated rings. The van der Waals surface area contributed by atoms with Crippen LogP contribution in [0.3, 0.4) is 0 Å². The molecule has 1 aromatic heterocycles. The summed E-state index contributed by atoms with van der Waals surface area (Å²) in [5.74, 6) is 0.221.